The Morgan fingerprint density at radius 2 is 1.96 bits per heavy atom. The van der Waals surface area contributed by atoms with Crippen LogP contribution in [0, 0.1) is 19.7 Å². The number of hydrazone groups is 1. The summed E-state index contributed by atoms with van der Waals surface area (Å²) in [6, 6.07) is 15.2. The molecule has 1 amide bonds. The molecular formula is C20H19FN4O. The summed E-state index contributed by atoms with van der Waals surface area (Å²) in [6.45, 7) is 4.55. The highest BCUT2D eigenvalue weighted by molar-refractivity contribution is 5.95. The summed E-state index contributed by atoms with van der Waals surface area (Å²) >= 11 is 0. The van der Waals surface area contributed by atoms with Crippen molar-refractivity contribution in [2.45, 2.75) is 20.4 Å². The maximum Gasteiger partial charge on any atom is 0.271 e. The first kappa shape index (κ1) is 17.5. The molecule has 0 aliphatic rings. The summed E-state index contributed by atoms with van der Waals surface area (Å²) in [4.78, 5) is 12.3. The Balaban J connectivity index is 1.66. The van der Waals surface area contributed by atoms with Gasteiger partial charge in [-0.1, -0.05) is 24.3 Å². The van der Waals surface area contributed by atoms with E-state index in [4.69, 9.17) is 0 Å². The summed E-state index contributed by atoms with van der Waals surface area (Å²) in [5.41, 5.74) is 6.71. The molecule has 1 heterocycles. The van der Waals surface area contributed by atoms with Crippen molar-refractivity contribution in [1.82, 2.24) is 15.2 Å². The van der Waals surface area contributed by atoms with Gasteiger partial charge in [0.25, 0.3) is 5.91 Å². The monoisotopic (exact) mass is 350 g/mol. The molecular weight excluding hydrogens is 331 g/mol. The first-order valence-electron chi connectivity index (χ1n) is 8.20. The molecule has 1 N–H and O–H groups in total. The number of carbonyl (C=O) groups excluding carboxylic acids is 1. The number of rotatable bonds is 5. The second kappa shape index (κ2) is 7.74. The lowest BCUT2D eigenvalue weighted by molar-refractivity contribution is 0.0955. The third kappa shape index (κ3) is 4.42. The van der Waals surface area contributed by atoms with Crippen LogP contribution in [0.15, 0.2) is 59.7 Å². The van der Waals surface area contributed by atoms with Crippen LogP contribution in [0.1, 0.15) is 32.9 Å². The van der Waals surface area contributed by atoms with E-state index in [1.807, 2.05) is 42.8 Å². The van der Waals surface area contributed by atoms with Crippen molar-refractivity contribution >= 4 is 12.1 Å². The van der Waals surface area contributed by atoms with Gasteiger partial charge in [-0.15, -0.1) is 0 Å². The SMILES string of the molecule is Cc1cc(C)n(Cc2cccc(C(=O)NN=Cc3ccc(F)cc3)c2)n1. The largest absolute Gasteiger partial charge is 0.271 e. The molecule has 132 valence electrons. The molecule has 0 saturated heterocycles. The second-order valence-electron chi connectivity index (χ2n) is 6.04. The highest BCUT2D eigenvalue weighted by Gasteiger charge is 2.07. The Morgan fingerprint density at radius 3 is 2.65 bits per heavy atom. The van der Waals surface area contributed by atoms with Crippen LogP contribution in [0.5, 0.6) is 0 Å². The zero-order valence-corrected chi connectivity index (χ0v) is 14.6. The zero-order chi connectivity index (χ0) is 18.5. The van der Waals surface area contributed by atoms with Gasteiger partial charge in [-0.2, -0.15) is 10.2 Å². The van der Waals surface area contributed by atoms with Gasteiger partial charge in [0.05, 0.1) is 18.5 Å². The fourth-order valence-electron chi connectivity index (χ4n) is 2.60. The molecule has 3 aromatic rings. The van der Waals surface area contributed by atoms with Crippen LogP contribution < -0.4 is 5.43 Å². The van der Waals surface area contributed by atoms with Crippen molar-refractivity contribution in [1.29, 1.82) is 0 Å². The number of nitrogens with one attached hydrogen (secondary N) is 1. The molecule has 0 unspecified atom stereocenters. The fraction of sp³-hybridized carbons (Fsp3) is 0.150. The number of hydrogen-bond acceptors (Lipinski definition) is 3. The van der Waals surface area contributed by atoms with Crippen LogP contribution in [0.4, 0.5) is 4.39 Å². The lowest BCUT2D eigenvalue weighted by atomic mass is 10.1. The quantitative estimate of drug-likeness (QED) is 0.566. The number of carbonyl (C=O) groups is 1. The van der Waals surface area contributed by atoms with Crippen molar-refractivity contribution in [3.63, 3.8) is 0 Å². The van der Waals surface area contributed by atoms with Gasteiger partial charge in [0.2, 0.25) is 0 Å². The van der Waals surface area contributed by atoms with E-state index in [0.29, 0.717) is 17.7 Å². The minimum absolute atomic E-state index is 0.307. The van der Waals surface area contributed by atoms with Crippen molar-refractivity contribution in [3.05, 3.63) is 88.5 Å². The van der Waals surface area contributed by atoms with Crippen LogP contribution in [0.3, 0.4) is 0 Å². The molecule has 0 saturated carbocycles. The lowest BCUT2D eigenvalue weighted by Crippen LogP contribution is -2.18. The Kier molecular flexibility index (Phi) is 5.22. The fourth-order valence-corrected chi connectivity index (χ4v) is 2.60. The second-order valence-corrected chi connectivity index (χ2v) is 6.04. The van der Waals surface area contributed by atoms with Gasteiger partial charge in [0, 0.05) is 11.3 Å². The maximum absolute atomic E-state index is 12.9. The molecule has 1 aromatic heterocycles. The van der Waals surface area contributed by atoms with E-state index >= 15 is 0 Å². The summed E-state index contributed by atoms with van der Waals surface area (Å²) in [7, 11) is 0. The predicted molar refractivity (Wildman–Crippen MR) is 98.7 cm³/mol. The van der Waals surface area contributed by atoms with Crippen LogP contribution >= 0.6 is 0 Å². The number of nitrogens with zero attached hydrogens (tertiary/aromatic N) is 3. The van der Waals surface area contributed by atoms with Gasteiger partial charge < -0.3 is 0 Å². The predicted octanol–water partition coefficient (Wildman–Crippen LogP) is 3.45. The van der Waals surface area contributed by atoms with E-state index in [9.17, 15) is 9.18 Å². The first-order chi connectivity index (χ1) is 12.5. The number of aryl methyl sites for hydroxylation is 2. The third-order valence-electron chi connectivity index (χ3n) is 3.87. The highest BCUT2D eigenvalue weighted by Crippen LogP contribution is 2.10. The molecule has 5 nitrogen and oxygen atoms in total. The van der Waals surface area contributed by atoms with Crippen molar-refractivity contribution in [2.24, 2.45) is 5.10 Å². The van der Waals surface area contributed by atoms with Gasteiger partial charge in [-0.05, 0) is 55.3 Å². The van der Waals surface area contributed by atoms with Crippen LogP contribution in [0.25, 0.3) is 0 Å². The van der Waals surface area contributed by atoms with E-state index in [0.717, 1.165) is 17.0 Å². The smallest absolute Gasteiger partial charge is 0.267 e. The molecule has 6 heteroatoms. The minimum Gasteiger partial charge on any atom is -0.267 e. The molecule has 0 radical (unpaired) electrons. The van der Waals surface area contributed by atoms with Crippen molar-refractivity contribution < 1.29 is 9.18 Å². The number of aromatic nitrogens is 2. The average Bonchev–Trinajstić information content (AvgIpc) is 2.94. The summed E-state index contributed by atoms with van der Waals surface area (Å²) in [5.74, 6) is -0.621. The minimum atomic E-state index is -0.314. The Hall–Kier alpha value is -3.28. The van der Waals surface area contributed by atoms with E-state index in [1.54, 1.807) is 18.2 Å². The molecule has 0 atom stereocenters. The van der Waals surface area contributed by atoms with E-state index in [-0.39, 0.29) is 11.7 Å². The molecule has 2 aromatic carbocycles. The summed E-state index contributed by atoms with van der Waals surface area (Å²) in [5, 5.41) is 8.35. The van der Waals surface area contributed by atoms with Gasteiger partial charge in [-0.25, -0.2) is 9.82 Å². The molecule has 0 spiro atoms. The van der Waals surface area contributed by atoms with E-state index in [1.165, 1.54) is 18.3 Å². The molecule has 0 fully saturated rings. The lowest BCUT2D eigenvalue weighted by Gasteiger charge is -2.06. The standard InChI is InChI=1S/C20H19FN4O/c1-14-10-15(2)25(24-14)13-17-4-3-5-18(11-17)20(26)23-22-12-16-6-8-19(21)9-7-16/h3-12H,13H2,1-2H3,(H,23,26). The normalized spacial score (nSPS) is 11.0. The Bertz CT molecular complexity index is 945. The Labute approximate surface area is 151 Å². The third-order valence-corrected chi connectivity index (χ3v) is 3.87. The summed E-state index contributed by atoms with van der Waals surface area (Å²) in [6.07, 6.45) is 1.47. The number of hydrogen-bond donors (Lipinski definition) is 1. The summed E-state index contributed by atoms with van der Waals surface area (Å²) < 4.78 is 14.8. The number of halogens is 1. The average molecular weight is 350 g/mol. The van der Waals surface area contributed by atoms with E-state index < -0.39 is 0 Å². The zero-order valence-electron chi connectivity index (χ0n) is 14.6. The van der Waals surface area contributed by atoms with E-state index in [2.05, 4.69) is 15.6 Å². The Morgan fingerprint density at radius 1 is 1.19 bits per heavy atom. The van der Waals surface area contributed by atoms with Gasteiger partial charge in [0.1, 0.15) is 5.82 Å². The van der Waals surface area contributed by atoms with Crippen molar-refractivity contribution in [3.8, 4) is 0 Å². The highest BCUT2D eigenvalue weighted by atomic mass is 19.1. The molecule has 0 aliphatic carbocycles. The van der Waals surface area contributed by atoms with Crippen LogP contribution in [-0.4, -0.2) is 21.9 Å². The molecule has 0 aliphatic heterocycles. The topological polar surface area (TPSA) is 59.3 Å². The molecule has 0 bridgehead atoms. The van der Waals surface area contributed by atoms with Gasteiger partial charge in [0.15, 0.2) is 0 Å². The molecule has 26 heavy (non-hydrogen) atoms. The maximum atomic E-state index is 12.9. The van der Waals surface area contributed by atoms with Crippen molar-refractivity contribution in [2.75, 3.05) is 0 Å². The number of amides is 1. The van der Waals surface area contributed by atoms with Crippen LogP contribution in [-0.2, 0) is 6.54 Å². The van der Waals surface area contributed by atoms with Gasteiger partial charge >= 0.3 is 0 Å². The first-order valence-corrected chi connectivity index (χ1v) is 8.20. The van der Waals surface area contributed by atoms with Crippen LogP contribution in [0.2, 0.25) is 0 Å². The van der Waals surface area contributed by atoms with Gasteiger partial charge in [-0.3, -0.25) is 9.48 Å². The molecule has 3 rings (SSSR count). The number of benzene rings is 2.